The van der Waals surface area contributed by atoms with Crippen LogP contribution in [0.5, 0.6) is 5.75 Å². The zero-order valence-electron chi connectivity index (χ0n) is 14.2. The zero-order valence-corrected chi connectivity index (χ0v) is 14.2. The number of aromatic hydroxyl groups is 1. The van der Waals surface area contributed by atoms with Gasteiger partial charge in [0, 0.05) is 18.2 Å². The van der Waals surface area contributed by atoms with Gasteiger partial charge in [0.1, 0.15) is 5.75 Å². The molecule has 1 aromatic carbocycles. The van der Waals surface area contributed by atoms with Crippen LogP contribution in [0.2, 0.25) is 0 Å². The Morgan fingerprint density at radius 2 is 1.96 bits per heavy atom. The Labute approximate surface area is 139 Å². The van der Waals surface area contributed by atoms with Crippen LogP contribution >= 0.6 is 0 Å². The second-order valence-electron chi connectivity index (χ2n) is 6.73. The number of guanidine groups is 1. The highest BCUT2D eigenvalue weighted by Crippen LogP contribution is 2.31. The van der Waals surface area contributed by atoms with Gasteiger partial charge in [-0.25, -0.2) is 4.99 Å². The lowest BCUT2D eigenvalue weighted by atomic mass is 9.88. The SMILES string of the molecule is CCNC(=NCc1c(O)ccc2c1CCCC2)NC1CCCC1. The first kappa shape index (κ1) is 16.2. The summed E-state index contributed by atoms with van der Waals surface area (Å²) >= 11 is 0. The molecule has 4 heteroatoms. The van der Waals surface area contributed by atoms with E-state index in [2.05, 4.69) is 23.6 Å². The summed E-state index contributed by atoms with van der Waals surface area (Å²) in [5.41, 5.74) is 3.75. The molecular weight excluding hydrogens is 286 g/mol. The van der Waals surface area contributed by atoms with Crippen LogP contribution in [0.1, 0.15) is 62.1 Å². The van der Waals surface area contributed by atoms with Crippen molar-refractivity contribution in [3.05, 3.63) is 28.8 Å². The minimum atomic E-state index is 0.395. The fourth-order valence-electron chi connectivity index (χ4n) is 3.81. The summed E-state index contributed by atoms with van der Waals surface area (Å²) in [4.78, 5) is 4.75. The Bertz CT molecular complexity index is 562. The smallest absolute Gasteiger partial charge is 0.191 e. The first-order chi connectivity index (χ1) is 11.3. The van der Waals surface area contributed by atoms with Crippen molar-refractivity contribution in [3.8, 4) is 5.75 Å². The van der Waals surface area contributed by atoms with Crippen molar-refractivity contribution in [2.24, 2.45) is 4.99 Å². The molecule has 2 aliphatic rings. The first-order valence-corrected chi connectivity index (χ1v) is 9.15. The number of hydrogen-bond acceptors (Lipinski definition) is 2. The second-order valence-corrected chi connectivity index (χ2v) is 6.73. The predicted molar refractivity (Wildman–Crippen MR) is 95.0 cm³/mol. The molecule has 0 atom stereocenters. The van der Waals surface area contributed by atoms with Gasteiger partial charge in [-0.15, -0.1) is 0 Å². The molecule has 1 fully saturated rings. The zero-order chi connectivity index (χ0) is 16.1. The molecule has 1 saturated carbocycles. The molecule has 0 saturated heterocycles. The summed E-state index contributed by atoms with van der Waals surface area (Å²) in [6.07, 6.45) is 9.76. The fourth-order valence-corrected chi connectivity index (χ4v) is 3.81. The van der Waals surface area contributed by atoms with E-state index in [4.69, 9.17) is 4.99 Å². The fraction of sp³-hybridized carbons (Fsp3) is 0.632. The van der Waals surface area contributed by atoms with E-state index in [9.17, 15) is 5.11 Å². The molecule has 0 heterocycles. The van der Waals surface area contributed by atoms with Crippen LogP contribution in [-0.4, -0.2) is 23.7 Å². The molecule has 0 bridgehead atoms. The number of nitrogens with one attached hydrogen (secondary N) is 2. The Morgan fingerprint density at radius 3 is 2.74 bits per heavy atom. The number of benzene rings is 1. The lowest BCUT2D eigenvalue weighted by Gasteiger charge is -2.20. The maximum Gasteiger partial charge on any atom is 0.191 e. The highest BCUT2D eigenvalue weighted by molar-refractivity contribution is 5.80. The molecule has 0 radical (unpaired) electrons. The highest BCUT2D eigenvalue weighted by Gasteiger charge is 2.18. The average Bonchev–Trinajstić information content (AvgIpc) is 3.07. The van der Waals surface area contributed by atoms with Crippen LogP contribution in [0, 0.1) is 0 Å². The quantitative estimate of drug-likeness (QED) is 0.590. The number of rotatable bonds is 4. The van der Waals surface area contributed by atoms with Crippen molar-refractivity contribution in [2.45, 2.75) is 70.9 Å². The van der Waals surface area contributed by atoms with Gasteiger partial charge in [-0.3, -0.25) is 0 Å². The second kappa shape index (κ2) is 7.71. The Kier molecular flexibility index (Phi) is 5.42. The van der Waals surface area contributed by atoms with Gasteiger partial charge < -0.3 is 15.7 Å². The molecule has 126 valence electrons. The molecule has 0 aromatic heterocycles. The maximum absolute atomic E-state index is 10.3. The molecule has 4 nitrogen and oxygen atoms in total. The Balaban J connectivity index is 1.76. The lowest BCUT2D eigenvalue weighted by molar-refractivity contribution is 0.465. The van der Waals surface area contributed by atoms with Crippen molar-refractivity contribution in [1.29, 1.82) is 0 Å². The van der Waals surface area contributed by atoms with Gasteiger partial charge in [-0.2, -0.15) is 0 Å². The van der Waals surface area contributed by atoms with Crippen LogP contribution < -0.4 is 10.6 Å². The van der Waals surface area contributed by atoms with E-state index in [1.54, 1.807) is 0 Å². The summed E-state index contributed by atoms with van der Waals surface area (Å²) in [5, 5.41) is 17.2. The third-order valence-electron chi connectivity index (χ3n) is 5.06. The molecule has 3 rings (SSSR count). The average molecular weight is 315 g/mol. The van der Waals surface area contributed by atoms with E-state index in [0.717, 1.165) is 30.9 Å². The van der Waals surface area contributed by atoms with Crippen LogP contribution in [0.15, 0.2) is 17.1 Å². The van der Waals surface area contributed by atoms with Gasteiger partial charge in [-0.05, 0) is 62.6 Å². The van der Waals surface area contributed by atoms with Gasteiger partial charge in [0.05, 0.1) is 6.54 Å². The third kappa shape index (κ3) is 3.98. The molecule has 23 heavy (non-hydrogen) atoms. The van der Waals surface area contributed by atoms with Crippen molar-refractivity contribution in [3.63, 3.8) is 0 Å². The van der Waals surface area contributed by atoms with E-state index in [-0.39, 0.29) is 0 Å². The number of hydrogen-bond donors (Lipinski definition) is 3. The van der Waals surface area contributed by atoms with E-state index in [1.165, 1.54) is 49.7 Å². The standard InChI is InChI=1S/C19H29N3O/c1-2-20-19(22-15-8-4-5-9-15)21-13-17-16-10-6-3-7-14(16)11-12-18(17)23/h11-12,15,23H,2-10,13H2,1H3,(H2,20,21,22). The molecule has 0 unspecified atom stereocenters. The lowest BCUT2D eigenvalue weighted by Crippen LogP contribution is -2.42. The van der Waals surface area contributed by atoms with Crippen LogP contribution in [0.25, 0.3) is 0 Å². The van der Waals surface area contributed by atoms with Crippen LogP contribution in [0.3, 0.4) is 0 Å². The van der Waals surface area contributed by atoms with Gasteiger partial charge in [0.15, 0.2) is 5.96 Å². The van der Waals surface area contributed by atoms with E-state index in [1.807, 2.05) is 6.07 Å². The summed E-state index contributed by atoms with van der Waals surface area (Å²) < 4.78 is 0. The summed E-state index contributed by atoms with van der Waals surface area (Å²) in [7, 11) is 0. The summed E-state index contributed by atoms with van der Waals surface area (Å²) in [5.74, 6) is 1.28. The molecular formula is C19H29N3O. The normalized spacial score (nSPS) is 18.7. The van der Waals surface area contributed by atoms with Crippen molar-refractivity contribution < 1.29 is 5.11 Å². The van der Waals surface area contributed by atoms with E-state index >= 15 is 0 Å². The number of phenolic OH excluding ortho intramolecular Hbond substituents is 1. The number of nitrogens with zero attached hydrogens (tertiary/aromatic N) is 1. The van der Waals surface area contributed by atoms with Gasteiger partial charge >= 0.3 is 0 Å². The first-order valence-electron chi connectivity index (χ1n) is 9.15. The van der Waals surface area contributed by atoms with Crippen molar-refractivity contribution in [2.75, 3.05) is 6.54 Å². The van der Waals surface area contributed by atoms with Gasteiger partial charge in [0.2, 0.25) is 0 Å². The van der Waals surface area contributed by atoms with Crippen molar-refractivity contribution in [1.82, 2.24) is 10.6 Å². The number of aryl methyl sites for hydroxylation is 1. The largest absolute Gasteiger partial charge is 0.508 e. The summed E-state index contributed by atoms with van der Waals surface area (Å²) in [6, 6.07) is 4.47. The van der Waals surface area contributed by atoms with E-state index in [0.29, 0.717) is 18.3 Å². The molecule has 3 N–H and O–H groups in total. The highest BCUT2D eigenvalue weighted by atomic mass is 16.3. The third-order valence-corrected chi connectivity index (χ3v) is 5.06. The predicted octanol–water partition coefficient (Wildman–Crippen LogP) is 3.27. The Morgan fingerprint density at radius 1 is 1.17 bits per heavy atom. The molecule has 0 spiro atoms. The topological polar surface area (TPSA) is 56.7 Å². The Hall–Kier alpha value is -1.71. The van der Waals surface area contributed by atoms with E-state index < -0.39 is 0 Å². The van der Waals surface area contributed by atoms with Crippen LogP contribution in [0.4, 0.5) is 0 Å². The summed E-state index contributed by atoms with van der Waals surface area (Å²) in [6.45, 7) is 3.50. The van der Waals surface area contributed by atoms with Crippen LogP contribution in [-0.2, 0) is 19.4 Å². The monoisotopic (exact) mass is 315 g/mol. The number of fused-ring (bicyclic) bond motifs is 1. The molecule has 1 aromatic rings. The maximum atomic E-state index is 10.3. The molecule has 0 aliphatic heterocycles. The molecule has 0 amide bonds. The van der Waals surface area contributed by atoms with Crippen molar-refractivity contribution >= 4 is 5.96 Å². The minimum absolute atomic E-state index is 0.395. The van der Waals surface area contributed by atoms with Gasteiger partial charge in [-0.1, -0.05) is 18.9 Å². The molecule has 2 aliphatic carbocycles. The minimum Gasteiger partial charge on any atom is -0.508 e. The number of aliphatic imine (C=N–C) groups is 1. The van der Waals surface area contributed by atoms with Gasteiger partial charge in [0.25, 0.3) is 0 Å². The number of phenols is 1.